The Labute approximate surface area is 117 Å². The second kappa shape index (κ2) is 6.04. The number of rotatable bonds is 4. The first-order chi connectivity index (χ1) is 9.13. The lowest BCUT2D eigenvalue weighted by atomic mass is 9.98. The lowest BCUT2D eigenvalue weighted by Crippen LogP contribution is -2.15. The molecular weight excluding hydrogens is 265 g/mol. The third-order valence-corrected chi connectivity index (χ3v) is 3.30. The molecular formula is C15H15ClFNO. The van der Waals surface area contributed by atoms with Crippen LogP contribution in [-0.2, 0) is 6.42 Å². The minimum Gasteiger partial charge on any atom is -0.496 e. The average molecular weight is 280 g/mol. The molecule has 0 saturated heterocycles. The standard InChI is InChI=1S/C15H15ClFNO/c1-19-14-8-3-2-6-11(14)13(18)9-10-5-4-7-12(16)15(10)17/h2-8,13H,9,18H2,1H3. The van der Waals surface area contributed by atoms with Crippen LogP contribution in [-0.4, -0.2) is 7.11 Å². The van der Waals surface area contributed by atoms with Gasteiger partial charge in [0.15, 0.2) is 0 Å². The number of nitrogens with two attached hydrogens (primary N) is 1. The summed E-state index contributed by atoms with van der Waals surface area (Å²) in [5, 5.41) is 0.115. The van der Waals surface area contributed by atoms with Crippen LogP contribution in [0, 0.1) is 5.82 Å². The molecule has 2 nitrogen and oxygen atoms in total. The molecule has 1 unspecified atom stereocenters. The van der Waals surface area contributed by atoms with Crippen LogP contribution in [0.1, 0.15) is 17.2 Å². The van der Waals surface area contributed by atoms with E-state index in [4.69, 9.17) is 22.1 Å². The molecule has 0 saturated carbocycles. The van der Waals surface area contributed by atoms with E-state index in [2.05, 4.69) is 0 Å². The summed E-state index contributed by atoms with van der Waals surface area (Å²) >= 11 is 5.76. The quantitative estimate of drug-likeness (QED) is 0.925. The Kier molecular flexibility index (Phi) is 4.40. The predicted octanol–water partition coefficient (Wildman–Crippen LogP) is 3.73. The van der Waals surface area contributed by atoms with Gasteiger partial charge in [-0.25, -0.2) is 4.39 Å². The largest absolute Gasteiger partial charge is 0.496 e. The van der Waals surface area contributed by atoms with Crippen LogP contribution in [0.2, 0.25) is 5.02 Å². The summed E-state index contributed by atoms with van der Waals surface area (Å²) in [6, 6.07) is 12.1. The van der Waals surface area contributed by atoms with E-state index in [1.165, 1.54) is 6.07 Å². The van der Waals surface area contributed by atoms with Crippen molar-refractivity contribution in [2.24, 2.45) is 5.73 Å². The van der Waals surface area contributed by atoms with Gasteiger partial charge in [-0.05, 0) is 24.1 Å². The van der Waals surface area contributed by atoms with Crippen molar-refractivity contribution < 1.29 is 9.13 Å². The fourth-order valence-corrected chi connectivity index (χ4v) is 2.22. The van der Waals surface area contributed by atoms with E-state index in [9.17, 15) is 4.39 Å². The van der Waals surface area contributed by atoms with Crippen LogP contribution < -0.4 is 10.5 Å². The fourth-order valence-electron chi connectivity index (χ4n) is 2.03. The van der Waals surface area contributed by atoms with E-state index in [1.807, 2.05) is 24.3 Å². The molecule has 2 rings (SSSR count). The summed E-state index contributed by atoms with van der Waals surface area (Å²) in [5.74, 6) is 0.298. The summed E-state index contributed by atoms with van der Waals surface area (Å²) < 4.78 is 19.1. The Balaban J connectivity index is 2.26. The van der Waals surface area contributed by atoms with Gasteiger partial charge >= 0.3 is 0 Å². The SMILES string of the molecule is COc1ccccc1C(N)Cc1cccc(Cl)c1F. The van der Waals surface area contributed by atoms with Gasteiger partial charge in [-0.15, -0.1) is 0 Å². The molecule has 0 aliphatic heterocycles. The van der Waals surface area contributed by atoms with Gasteiger partial charge in [-0.2, -0.15) is 0 Å². The minimum absolute atomic E-state index is 0.115. The zero-order valence-corrected chi connectivity index (χ0v) is 11.3. The normalized spacial score (nSPS) is 12.2. The molecule has 0 aliphatic carbocycles. The van der Waals surface area contributed by atoms with Crippen LogP contribution in [0.5, 0.6) is 5.75 Å². The van der Waals surface area contributed by atoms with Crippen LogP contribution in [0.4, 0.5) is 4.39 Å². The number of halogens is 2. The number of hydrogen-bond donors (Lipinski definition) is 1. The Morgan fingerprint density at radius 3 is 2.68 bits per heavy atom. The second-order valence-electron chi connectivity index (χ2n) is 4.27. The molecule has 19 heavy (non-hydrogen) atoms. The summed E-state index contributed by atoms with van der Waals surface area (Å²) in [6.45, 7) is 0. The Morgan fingerprint density at radius 2 is 1.95 bits per heavy atom. The van der Waals surface area contributed by atoms with E-state index in [1.54, 1.807) is 19.2 Å². The van der Waals surface area contributed by atoms with Gasteiger partial charge < -0.3 is 10.5 Å². The molecule has 0 heterocycles. The third-order valence-electron chi connectivity index (χ3n) is 3.01. The van der Waals surface area contributed by atoms with Crippen molar-refractivity contribution in [3.63, 3.8) is 0 Å². The maximum atomic E-state index is 13.8. The zero-order valence-electron chi connectivity index (χ0n) is 10.6. The van der Waals surface area contributed by atoms with E-state index < -0.39 is 5.82 Å². The minimum atomic E-state index is -0.408. The highest BCUT2D eigenvalue weighted by molar-refractivity contribution is 6.30. The van der Waals surface area contributed by atoms with Crippen molar-refractivity contribution in [1.82, 2.24) is 0 Å². The first kappa shape index (κ1) is 13.8. The summed E-state index contributed by atoms with van der Waals surface area (Å²) in [4.78, 5) is 0. The number of methoxy groups -OCH3 is 1. The van der Waals surface area contributed by atoms with Gasteiger partial charge in [-0.3, -0.25) is 0 Å². The van der Waals surface area contributed by atoms with Crippen molar-refractivity contribution in [3.8, 4) is 5.75 Å². The molecule has 0 spiro atoms. The van der Waals surface area contributed by atoms with Crippen molar-refractivity contribution >= 4 is 11.6 Å². The lowest BCUT2D eigenvalue weighted by molar-refractivity contribution is 0.405. The Hall–Kier alpha value is -1.58. The summed E-state index contributed by atoms with van der Waals surface area (Å²) in [6.07, 6.45) is 0.368. The van der Waals surface area contributed by atoms with Crippen LogP contribution >= 0.6 is 11.6 Å². The molecule has 0 bridgehead atoms. The van der Waals surface area contributed by atoms with E-state index >= 15 is 0 Å². The number of ether oxygens (including phenoxy) is 1. The third kappa shape index (κ3) is 3.06. The van der Waals surface area contributed by atoms with Gasteiger partial charge in [0, 0.05) is 11.6 Å². The molecule has 0 radical (unpaired) electrons. The average Bonchev–Trinajstić information content (AvgIpc) is 2.43. The van der Waals surface area contributed by atoms with E-state index in [0.717, 1.165) is 5.56 Å². The van der Waals surface area contributed by atoms with E-state index in [-0.39, 0.29) is 11.1 Å². The summed E-state index contributed by atoms with van der Waals surface area (Å²) in [7, 11) is 1.59. The molecule has 2 N–H and O–H groups in total. The maximum Gasteiger partial charge on any atom is 0.145 e. The lowest BCUT2D eigenvalue weighted by Gasteiger charge is -2.16. The smallest absolute Gasteiger partial charge is 0.145 e. The monoisotopic (exact) mass is 279 g/mol. The Bertz CT molecular complexity index is 574. The van der Waals surface area contributed by atoms with Crippen LogP contribution in [0.15, 0.2) is 42.5 Å². The molecule has 0 amide bonds. The maximum absolute atomic E-state index is 13.8. The van der Waals surface area contributed by atoms with Crippen LogP contribution in [0.25, 0.3) is 0 Å². The topological polar surface area (TPSA) is 35.2 Å². The van der Waals surface area contributed by atoms with Crippen molar-refractivity contribution in [1.29, 1.82) is 0 Å². The predicted molar refractivity (Wildman–Crippen MR) is 75.0 cm³/mol. The second-order valence-corrected chi connectivity index (χ2v) is 4.67. The molecule has 2 aromatic carbocycles. The molecule has 1 atom stereocenters. The Morgan fingerprint density at radius 1 is 1.21 bits per heavy atom. The highest BCUT2D eigenvalue weighted by Crippen LogP contribution is 2.27. The molecule has 0 fully saturated rings. The van der Waals surface area contributed by atoms with Gasteiger partial charge in [-0.1, -0.05) is 41.9 Å². The van der Waals surface area contributed by atoms with Gasteiger partial charge in [0.05, 0.1) is 12.1 Å². The van der Waals surface area contributed by atoms with Crippen molar-refractivity contribution in [2.75, 3.05) is 7.11 Å². The fraction of sp³-hybridized carbons (Fsp3) is 0.200. The molecule has 100 valence electrons. The van der Waals surface area contributed by atoms with Crippen molar-refractivity contribution in [3.05, 3.63) is 64.4 Å². The van der Waals surface area contributed by atoms with Gasteiger partial charge in [0.2, 0.25) is 0 Å². The molecule has 0 aromatic heterocycles. The van der Waals surface area contributed by atoms with Crippen molar-refractivity contribution in [2.45, 2.75) is 12.5 Å². The summed E-state index contributed by atoms with van der Waals surface area (Å²) in [5.41, 5.74) is 7.49. The molecule has 0 aliphatic rings. The molecule has 4 heteroatoms. The van der Waals surface area contributed by atoms with E-state index in [0.29, 0.717) is 17.7 Å². The number of hydrogen-bond acceptors (Lipinski definition) is 2. The highest BCUT2D eigenvalue weighted by atomic mass is 35.5. The van der Waals surface area contributed by atoms with Gasteiger partial charge in [0.1, 0.15) is 11.6 Å². The van der Waals surface area contributed by atoms with Crippen LogP contribution in [0.3, 0.4) is 0 Å². The first-order valence-electron chi connectivity index (χ1n) is 5.95. The molecule has 2 aromatic rings. The number of para-hydroxylation sites is 1. The van der Waals surface area contributed by atoms with Gasteiger partial charge in [0.25, 0.3) is 0 Å². The first-order valence-corrected chi connectivity index (χ1v) is 6.32. The highest BCUT2D eigenvalue weighted by Gasteiger charge is 2.15. The zero-order chi connectivity index (χ0) is 13.8. The number of benzene rings is 2.